The fraction of sp³-hybridized carbons (Fsp3) is 0.600. The van der Waals surface area contributed by atoms with Crippen LogP contribution in [0.25, 0.3) is 0 Å². The van der Waals surface area contributed by atoms with E-state index in [-0.39, 0.29) is 5.69 Å². The molecule has 1 heterocycles. The molecule has 0 saturated heterocycles. The smallest absolute Gasteiger partial charge is 0.271 e. The van der Waals surface area contributed by atoms with E-state index in [9.17, 15) is 13.2 Å². The highest BCUT2D eigenvalue weighted by Gasteiger charge is 2.42. The van der Waals surface area contributed by atoms with Crippen LogP contribution in [0.4, 0.5) is 13.2 Å². The summed E-state index contributed by atoms with van der Waals surface area (Å²) in [5, 5.41) is 6.69. The second-order valence-corrected chi connectivity index (χ2v) is 2.42. The summed E-state index contributed by atoms with van der Waals surface area (Å²) < 4.78 is 37.8. The maximum absolute atomic E-state index is 12.3. The maximum Gasteiger partial charge on any atom is 0.410 e. The van der Waals surface area contributed by atoms with Crippen LogP contribution in [0.1, 0.15) is 11.7 Å². The maximum atomic E-state index is 12.3. The van der Waals surface area contributed by atoms with Crippen LogP contribution in [0, 0.1) is 0 Å². The molecule has 0 aliphatic rings. The molecule has 1 aromatic rings. The third kappa shape index (κ3) is 1.95. The van der Waals surface area contributed by atoms with Gasteiger partial charge in [-0.15, -0.1) is 5.10 Å². The molecule has 1 unspecified atom stereocenters. The van der Waals surface area contributed by atoms with Crippen LogP contribution in [0.5, 0.6) is 0 Å². The summed E-state index contributed by atoms with van der Waals surface area (Å²) in [5.74, 6) is 4.78. The molecule has 0 aromatic carbocycles. The molecule has 0 bridgehead atoms. The van der Waals surface area contributed by atoms with Crippen LogP contribution < -0.4 is 11.3 Å². The van der Waals surface area contributed by atoms with E-state index >= 15 is 0 Å². The summed E-state index contributed by atoms with van der Waals surface area (Å²) in [6.07, 6.45) is -3.44. The predicted molar refractivity (Wildman–Crippen MR) is 37.1 cm³/mol. The fourth-order valence-electron chi connectivity index (χ4n) is 0.907. The van der Waals surface area contributed by atoms with Crippen molar-refractivity contribution in [2.24, 2.45) is 12.9 Å². The van der Waals surface area contributed by atoms with E-state index in [0.717, 1.165) is 10.9 Å². The first-order chi connectivity index (χ1) is 5.96. The van der Waals surface area contributed by atoms with Crippen molar-refractivity contribution in [2.45, 2.75) is 12.2 Å². The molecular formula is C5H8F3N5. The van der Waals surface area contributed by atoms with E-state index in [1.54, 1.807) is 5.43 Å². The normalized spacial score (nSPS) is 14.5. The Hall–Kier alpha value is -1.15. The van der Waals surface area contributed by atoms with Gasteiger partial charge in [-0.05, 0) is 0 Å². The number of alkyl halides is 3. The number of nitrogens with zero attached hydrogens (tertiary/aromatic N) is 3. The molecule has 0 aliphatic heterocycles. The average molecular weight is 195 g/mol. The highest BCUT2D eigenvalue weighted by Crippen LogP contribution is 2.30. The zero-order valence-electron chi connectivity index (χ0n) is 6.71. The van der Waals surface area contributed by atoms with Gasteiger partial charge in [-0.2, -0.15) is 13.2 Å². The van der Waals surface area contributed by atoms with Gasteiger partial charge in [0.15, 0.2) is 6.04 Å². The van der Waals surface area contributed by atoms with Gasteiger partial charge in [0.2, 0.25) is 0 Å². The van der Waals surface area contributed by atoms with Crippen LogP contribution in [0.2, 0.25) is 0 Å². The topological polar surface area (TPSA) is 68.8 Å². The lowest BCUT2D eigenvalue weighted by molar-refractivity contribution is -0.159. The summed E-state index contributed by atoms with van der Waals surface area (Å²) >= 11 is 0. The van der Waals surface area contributed by atoms with Gasteiger partial charge in [0.25, 0.3) is 0 Å². The number of aromatic nitrogens is 3. The molecule has 0 aliphatic carbocycles. The SMILES string of the molecule is Cn1nncc1C(NN)C(F)(F)F. The van der Waals surface area contributed by atoms with E-state index < -0.39 is 12.2 Å². The Bertz CT molecular complexity index is 280. The van der Waals surface area contributed by atoms with Crippen molar-refractivity contribution < 1.29 is 13.2 Å². The zero-order valence-corrected chi connectivity index (χ0v) is 6.71. The highest BCUT2D eigenvalue weighted by atomic mass is 19.4. The molecule has 0 fully saturated rings. The lowest BCUT2D eigenvalue weighted by Crippen LogP contribution is -2.39. The largest absolute Gasteiger partial charge is 0.410 e. The number of nitrogens with two attached hydrogens (primary N) is 1. The molecule has 1 atom stereocenters. The molecule has 0 saturated carbocycles. The van der Waals surface area contributed by atoms with Gasteiger partial charge < -0.3 is 0 Å². The average Bonchev–Trinajstić information content (AvgIpc) is 2.35. The van der Waals surface area contributed by atoms with Gasteiger partial charge >= 0.3 is 6.18 Å². The number of hydrogen-bond donors (Lipinski definition) is 2. The van der Waals surface area contributed by atoms with Crippen LogP contribution in [0.3, 0.4) is 0 Å². The first-order valence-electron chi connectivity index (χ1n) is 3.34. The van der Waals surface area contributed by atoms with E-state index in [4.69, 9.17) is 5.84 Å². The van der Waals surface area contributed by atoms with Crippen molar-refractivity contribution >= 4 is 0 Å². The Balaban J connectivity index is 2.98. The zero-order chi connectivity index (χ0) is 10.1. The molecule has 3 N–H and O–H groups in total. The predicted octanol–water partition coefficient (Wildman–Crippen LogP) is -0.118. The molecule has 1 aromatic heterocycles. The lowest BCUT2D eigenvalue weighted by Gasteiger charge is -2.18. The molecule has 8 heteroatoms. The molecule has 0 radical (unpaired) electrons. The summed E-state index contributed by atoms with van der Waals surface area (Å²) in [7, 11) is 1.36. The van der Waals surface area contributed by atoms with Gasteiger partial charge in [0.1, 0.15) is 0 Å². The van der Waals surface area contributed by atoms with Crippen molar-refractivity contribution in [1.82, 2.24) is 20.4 Å². The molecular weight excluding hydrogens is 187 g/mol. The molecule has 0 spiro atoms. The van der Waals surface area contributed by atoms with Crippen LogP contribution >= 0.6 is 0 Å². The number of nitrogens with one attached hydrogen (secondary N) is 1. The minimum atomic E-state index is -4.45. The third-order valence-corrected chi connectivity index (χ3v) is 1.54. The van der Waals surface area contributed by atoms with Crippen molar-refractivity contribution in [1.29, 1.82) is 0 Å². The van der Waals surface area contributed by atoms with Gasteiger partial charge in [-0.25, -0.2) is 5.43 Å². The van der Waals surface area contributed by atoms with Gasteiger partial charge in [-0.3, -0.25) is 10.5 Å². The van der Waals surface area contributed by atoms with E-state index in [2.05, 4.69) is 10.3 Å². The first-order valence-corrected chi connectivity index (χ1v) is 3.34. The molecule has 13 heavy (non-hydrogen) atoms. The van der Waals surface area contributed by atoms with Crippen molar-refractivity contribution in [3.05, 3.63) is 11.9 Å². The third-order valence-electron chi connectivity index (χ3n) is 1.54. The van der Waals surface area contributed by atoms with Gasteiger partial charge in [-0.1, -0.05) is 5.21 Å². The Morgan fingerprint density at radius 1 is 1.62 bits per heavy atom. The Morgan fingerprint density at radius 2 is 2.23 bits per heavy atom. The Labute approximate surface area is 71.7 Å². The second-order valence-electron chi connectivity index (χ2n) is 2.42. The number of hydrazine groups is 1. The van der Waals surface area contributed by atoms with E-state index in [1.807, 2.05) is 0 Å². The standard InChI is InChI=1S/C5H8F3N5/c1-13-3(2-10-12-13)4(11-9)5(6,7)8/h2,4,11H,9H2,1H3. The first kappa shape index (κ1) is 9.93. The summed E-state index contributed by atoms with van der Waals surface area (Å²) in [6, 6.07) is -1.94. The molecule has 74 valence electrons. The van der Waals surface area contributed by atoms with Crippen LogP contribution in [-0.2, 0) is 7.05 Å². The minimum Gasteiger partial charge on any atom is -0.271 e. The second kappa shape index (κ2) is 3.30. The van der Waals surface area contributed by atoms with Crippen molar-refractivity contribution in [2.75, 3.05) is 0 Å². The number of rotatable bonds is 2. The van der Waals surface area contributed by atoms with Gasteiger partial charge in [0, 0.05) is 7.05 Å². The summed E-state index contributed by atoms with van der Waals surface area (Å²) in [4.78, 5) is 0. The molecule has 0 amide bonds. The van der Waals surface area contributed by atoms with E-state index in [0.29, 0.717) is 0 Å². The number of halogens is 3. The molecule has 5 nitrogen and oxygen atoms in total. The highest BCUT2D eigenvalue weighted by molar-refractivity contribution is 5.04. The minimum absolute atomic E-state index is 0.130. The number of hydrogen-bond acceptors (Lipinski definition) is 4. The summed E-state index contributed by atoms with van der Waals surface area (Å²) in [5.41, 5.74) is 1.53. The van der Waals surface area contributed by atoms with Gasteiger partial charge in [0.05, 0.1) is 11.9 Å². The van der Waals surface area contributed by atoms with Crippen molar-refractivity contribution in [3.63, 3.8) is 0 Å². The lowest BCUT2D eigenvalue weighted by atomic mass is 10.2. The number of aryl methyl sites for hydroxylation is 1. The van der Waals surface area contributed by atoms with Crippen LogP contribution in [-0.4, -0.2) is 21.2 Å². The van der Waals surface area contributed by atoms with Crippen molar-refractivity contribution in [3.8, 4) is 0 Å². The van der Waals surface area contributed by atoms with E-state index in [1.165, 1.54) is 7.05 Å². The molecule has 1 rings (SSSR count). The van der Waals surface area contributed by atoms with Crippen LogP contribution in [0.15, 0.2) is 6.20 Å². The monoisotopic (exact) mass is 195 g/mol. The summed E-state index contributed by atoms with van der Waals surface area (Å²) in [6.45, 7) is 0. The Morgan fingerprint density at radius 3 is 2.54 bits per heavy atom. The fourth-order valence-corrected chi connectivity index (χ4v) is 0.907. The Kier molecular flexibility index (Phi) is 2.52. The quantitative estimate of drug-likeness (QED) is 0.510.